The Morgan fingerprint density at radius 1 is 1.09 bits per heavy atom. The van der Waals surface area contributed by atoms with Crippen molar-refractivity contribution >= 4 is 27.5 Å². The van der Waals surface area contributed by atoms with Crippen LogP contribution in [-0.4, -0.2) is 59.2 Å². The number of hydrogen-bond donors (Lipinski definition) is 3. The van der Waals surface area contributed by atoms with Crippen LogP contribution in [0.15, 0.2) is 65.8 Å². The Morgan fingerprint density at radius 3 is 2.47 bits per heavy atom. The number of piperazine rings is 1. The summed E-state index contributed by atoms with van der Waals surface area (Å²) < 4.78 is 26.5. The highest BCUT2D eigenvalue weighted by atomic mass is 32.2. The summed E-state index contributed by atoms with van der Waals surface area (Å²) in [6.07, 6.45) is 2.87. The molecule has 2 aromatic carbocycles. The maximum atomic E-state index is 12.7. The van der Waals surface area contributed by atoms with E-state index in [9.17, 15) is 23.1 Å². The van der Waals surface area contributed by atoms with Gasteiger partial charge in [-0.1, -0.05) is 12.1 Å². The Hall–Kier alpha value is -3.83. The molecule has 0 aliphatic carbocycles. The van der Waals surface area contributed by atoms with E-state index >= 15 is 0 Å². The van der Waals surface area contributed by atoms with Crippen LogP contribution in [0.25, 0.3) is 11.4 Å². The number of benzene rings is 2. The zero-order chi connectivity index (χ0) is 22.7. The average Bonchev–Trinajstić information content (AvgIpc) is 2.79. The van der Waals surface area contributed by atoms with Gasteiger partial charge in [-0.25, -0.2) is 18.4 Å². The van der Waals surface area contributed by atoms with Gasteiger partial charge in [0.2, 0.25) is 15.9 Å². The number of nitrogens with one attached hydrogen (secondary N) is 2. The van der Waals surface area contributed by atoms with E-state index in [1.807, 2.05) is 0 Å². The Morgan fingerprint density at radius 2 is 1.81 bits per heavy atom. The maximum Gasteiger partial charge on any atom is 0.255 e. The van der Waals surface area contributed by atoms with Crippen molar-refractivity contribution in [3.8, 4) is 17.1 Å². The fourth-order valence-electron chi connectivity index (χ4n) is 3.14. The average molecular weight is 453 g/mol. The van der Waals surface area contributed by atoms with Gasteiger partial charge in [-0.3, -0.25) is 9.59 Å². The minimum absolute atomic E-state index is 0.00236. The lowest BCUT2D eigenvalue weighted by Crippen LogP contribution is -2.49. The van der Waals surface area contributed by atoms with E-state index in [1.165, 1.54) is 48.8 Å². The molecule has 1 aliphatic rings. The van der Waals surface area contributed by atoms with Gasteiger partial charge in [-0.15, -0.1) is 0 Å². The van der Waals surface area contributed by atoms with Crippen molar-refractivity contribution in [3.05, 3.63) is 66.5 Å². The zero-order valence-electron chi connectivity index (χ0n) is 16.7. The highest BCUT2D eigenvalue weighted by molar-refractivity contribution is 7.89. The molecule has 1 aromatic heterocycles. The van der Waals surface area contributed by atoms with Gasteiger partial charge in [0.05, 0.1) is 29.5 Å². The molecule has 0 unspecified atom stereocenters. The zero-order valence-corrected chi connectivity index (χ0v) is 17.5. The first-order valence-corrected chi connectivity index (χ1v) is 11.1. The number of hydrogen-bond acceptors (Lipinski definition) is 7. The summed E-state index contributed by atoms with van der Waals surface area (Å²) in [6.45, 7) is 0.211. The monoisotopic (exact) mass is 453 g/mol. The van der Waals surface area contributed by atoms with Crippen molar-refractivity contribution in [2.24, 2.45) is 0 Å². The van der Waals surface area contributed by atoms with Gasteiger partial charge < -0.3 is 15.7 Å². The third-order valence-corrected chi connectivity index (χ3v) is 6.63. The number of phenols is 1. The Kier molecular flexibility index (Phi) is 5.84. The van der Waals surface area contributed by atoms with Crippen LogP contribution in [0.1, 0.15) is 10.4 Å². The van der Waals surface area contributed by atoms with Gasteiger partial charge >= 0.3 is 0 Å². The maximum absolute atomic E-state index is 12.7. The van der Waals surface area contributed by atoms with Gasteiger partial charge in [-0.2, -0.15) is 4.31 Å². The molecule has 0 spiro atoms. The lowest BCUT2D eigenvalue weighted by molar-refractivity contribution is -0.122. The molecule has 0 saturated carbocycles. The number of rotatable bonds is 5. The predicted octanol–water partition coefficient (Wildman–Crippen LogP) is 1.22. The molecule has 164 valence electrons. The summed E-state index contributed by atoms with van der Waals surface area (Å²) in [5, 5.41) is 14.8. The molecule has 2 heterocycles. The summed E-state index contributed by atoms with van der Waals surface area (Å²) in [6, 6.07) is 11.9. The van der Waals surface area contributed by atoms with Crippen LogP contribution in [0, 0.1) is 0 Å². The van der Waals surface area contributed by atoms with Crippen molar-refractivity contribution in [2.75, 3.05) is 25.0 Å². The third-order valence-electron chi connectivity index (χ3n) is 4.77. The molecule has 4 rings (SSSR count). The van der Waals surface area contributed by atoms with Crippen LogP contribution in [0.2, 0.25) is 0 Å². The Bertz CT molecular complexity index is 1260. The fourth-order valence-corrected chi connectivity index (χ4v) is 4.53. The highest BCUT2D eigenvalue weighted by Crippen LogP contribution is 2.21. The second kappa shape index (κ2) is 8.73. The van der Waals surface area contributed by atoms with Gasteiger partial charge in [0.1, 0.15) is 5.75 Å². The fraction of sp³-hybridized carbons (Fsp3) is 0.143. The molecular weight excluding hydrogens is 434 g/mol. The van der Waals surface area contributed by atoms with E-state index in [4.69, 9.17) is 0 Å². The molecular formula is C21H19N5O5S. The molecule has 2 amide bonds. The van der Waals surface area contributed by atoms with E-state index < -0.39 is 15.9 Å². The van der Waals surface area contributed by atoms with Gasteiger partial charge in [0.15, 0.2) is 5.82 Å². The molecule has 0 radical (unpaired) electrons. The number of sulfonamides is 1. The molecule has 3 aromatic rings. The summed E-state index contributed by atoms with van der Waals surface area (Å²) in [5.41, 5.74) is 1.23. The molecule has 0 atom stereocenters. The second-order valence-electron chi connectivity index (χ2n) is 7.01. The topological polar surface area (TPSA) is 142 Å². The number of aromatic hydroxyl groups is 1. The Labute approximate surface area is 184 Å². The molecule has 3 N–H and O–H groups in total. The minimum atomic E-state index is -3.83. The lowest BCUT2D eigenvalue weighted by atomic mass is 10.2. The third kappa shape index (κ3) is 4.58. The SMILES string of the molecule is O=C1CN(S(=O)(=O)c2ccc(C(=O)Nc3cnc(-c4cccc(O)c4)nc3)cc2)CCN1. The van der Waals surface area contributed by atoms with Crippen LogP contribution in [0.3, 0.4) is 0 Å². The van der Waals surface area contributed by atoms with Crippen molar-refractivity contribution in [2.45, 2.75) is 4.90 Å². The van der Waals surface area contributed by atoms with Gasteiger partial charge in [-0.05, 0) is 36.4 Å². The van der Waals surface area contributed by atoms with Gasteiger partial charge in [0, 0.05) is 24.2 Å². The van der Waals surface area contributed by atoms with E-state index in [2.05, 4.69) is 20.6 Å². The number of phenolic OH excluding ortho intramolecular Hbond substituents is 1. The summed E-state index contributed by atoms with van der Waals surface area (Å²) >= 11 is 0. The van der Waals surface area contributed by atoms with Crippen molar-refractivity contribution < 1.29 is 23.1 Å². The van der Waals surface area contributed by atoms with E-state index in [0.717, 1.165) is 4.31 Å². The molecule has 32 heavy (non-hydrogen) atoms. The van der Waals surface area contributed by atoms with E-state index in [0.29, 0.717) is 17.1 Å². The van der Waals surface area contributed by atoms with Gasteiger partial charge in [0.25, 0.3) is 5.91 Å². The Balaban J connectivity index is 1.44. The second-order valence-corrected chi connectivity index (χ2v) is 8.95. The molecule has 1 fully saturated rings. The molecule has 0 bridgehead atoms. The summed E-state index contributed by atoms with van der Waals surface area (Å²) in [5.74, 6) is -0.328. The molecule has 10 nitrogen and oxygen atoms in total. The number of aromatic nitrogens is 2. The van der Waals surface area contributed by atoms with Crippen molar-refractivity contribution in [1.29, 1.82) is 0 Å². The van der Waals surface area contributed by atoms with Crippen LogP contribution in [0.5, 0.6) is 5.75 Å². The van der Waals surface area contributed by atoms with Crippen LogP contribution in [0.4, 0.5) is 5.69 Å². The number of nitrogens with zero attached hydrogens (tertiary/aromatic N) is 3. The highest BCUT2D eigenvalue weighted by Gasteiger charge is 2.29. The predicted molar refractivity (Wildman–Crippen MR) is 115 cm³/mol. The molecule has 11 heteroatoms. The summed E-state index contributed by atoms with van der Waals surface area (Å²) in [4.78, 5) is 32.4. The van der Waals surface area contributed by atoms with Crippen LogP contribution >= 0.6 is 0 Å². The van der Waals surface area contributed by atoms with Crippen molar-refractivity contribution in [1.82, 2.24) is 19.6 Å². The standard InChI is InChI=1S/C21H19N5O5S/c27-17-3-1-2-15(10-17)20-23-11-16(12-24-20)25-21(29)14-4-6-18(7-5-14)32(30,31)26-9-8-22-19(28)13-26/h1-7,10-12,27H,8-9,13H2,(H,22,28)(H,25,29). The quantitative estimate of drug-likeness (QED) is 0.527. The number of anilines is 1. The summed E-state index contributed by atoms with van der Waals surface area (Å²) in [7, 11) is -3.83. The smallest absolute Gasteiger partial charge is 0.255 e. The first-order valence-electron chi connectivity index (χ1n) is 9.63. The van der Waals surface area contributed by atoms with Crippen LogP contribution in [-0.2, 0) is 14.8 Å². The number of carbonyl (C=O) groups excluding carboxylic acids is 2. The normalized spacial score (nSPS) is 14.6. The largest absolute Gasteiger partial charge is 0.508 e. The molecule has 1 saturated heterocycles. The first kappa shape index (κ1) is 21.4. The van der Waals surface area contributed by atoms with Crippen molar-refractivity contribution in [3.63, 3.8) is 0 Å². The number of amides is 2. The first-order chi connectivity index (χ1) is 15.3. The minimum Gasteiger partial charge on any atom is -0.508 e. The van der Waals surface area contributed by atoms with Crippen LogP contribution < -0.4 is 10.6 Å². The lowest BCUT2D eigenvalue weighted by Gasteiger charge is -2.25. The van der Waals surface area contributed by atoms with E-state index in [1.54, 1.807) is 12.1 Å². The molecule has 1 aliphatic heterocycles. The van der Waals surface area contributed by atoms with E-state index in [-0.39, 0.29) is 41.7 Å². The number of carbonyl (C=O) groups is 2.